The minimum absolute atomic E-state index is 0.00343. The topological polar surface area (TPSA) is 105 Å². The zero-order valence-electron chi connectivity index (χ0n) is 20.4. The van der Waals surface area contributed by atoms with Gasteiger partial charge in [0, 0.05) is 18.4 Å². The second kappa shape index (κ2) is 10.5. The van der Waals surface area contributed by atoms with Crippen molar-refractivity contribution in [2.45, 2.75) is 69.9 Å². The number of fused-ring (bicyclic) bond motifs is 3. The predicted molar refractivity (Wildman–Crippen MR) is 133 cm³/mol. The monoisotopic (exact) mass is 478 g/mol. The van der Waals surface area contributed by atoms with Crippen molar-refractivity contribution >= 4 is 18.0 Å². The van der Waals surface area contributed by atoms with Gasteiger partial charge in [-0.3, -0.25) is 9.59 Å². The molecule has 7 nitrogen and oxygen atoms in total. The van der Waals surface area contributed by atoms with E-state index in [-0.39, 0.29) is 36.8 Å². The molecule has 0 spiro atoms. The summed E-state index contributed by atoms with van der Waals surface area (Å²) in [7, 11) is 0. The van der Waals surface area contributed by atoms with E-state index in [1.807, 2.05) is 31.2 Å². The first-order chi connectivity index (χ1) is 16.8. The molecular weight excluding hydrogens is 444 g/mol. The van der Waals surface area contributed by atoms with E-state index in [4.69, 9.17) is 9.84 Å². The molecule has 2 unspecified atom stereocenters. The minimum atomic E-state index is -0.795. The van der Waals surface area contributed by atoms with Crippen LogP contribution in [-0.2, 0) is 14.3 Å². The molecule has 35 heavy (non-hydrogen) atoms. The highest BCUT2D eigenvalue weighted by atomic mass is 16.5. The SMILES string of the molecule is CC(CCCC(C)C(=O)O)NC(=O)CC1(NC(=O)OCC2c3ccccc3-c3ccccc32)CC1. The summed E-state index contributed by atoms with van der Waals surface area (Å²) < 4.78 is 5.64. The summed E-state index contributed by atoms with van der Waals surface area (Å²) in [5.74, 6) is -1.29. The summed E-state index contributed by atoms with van der Waals surface area (Å²) in [5, 5.41) is 14.9. The van der Waals surface area contributed by atoms with Crippen molar-refractivity contribution < 1.29 is 24.2 Å². The smallest absolute Gasteiger partial charge is 0.407 e. The summed E-state index contributed by atoms with van der Waals surface area (Å²) in [5.41, 5.74) is 4.14. The number of aliphatic carboxylic acids is 1. The predicted octanol–water partition coefficient (Wildman–Crippen LogP) is 4.84. The lowest BCUT2D eigenvalue weighted by atomic mass is 9.98. The van der Waals surface area contributed by atoms with Gasteiger partial charge in [0.2, 0.25) is 5.91 Å². The quantitative estimate of drug-likeness (QED) is 0.429. The molecule has 7 heteroatoms. The third-order valence-corrected chi connectivity index (χ3v) is 7.17. The van der Waals surface area contributed by atoms with E-state index in [1.54, 1.807) is 6.92 Å². The van der Waals surface area contributed by atoms with Gasteiger partial charge in [-0.15, -0.1) is 0 Å². The van der Waals surface area contributed by atoms with E-state index in [1.165, 1.54) is 11.1 Å². The summed E-state index contributed by atoms with van der Waals surface area (Å²) >= 11 is 0. The molecule has 1 fully saturated rings. The summed E-state index contributed by atoms with van der Waals surface area (Å²) in [6.45, 7) is 3.85. The molecule has 0 heterocycles. The second-order valence-electron chi connectivity index (χ2n) is 10.0. The minimum Gasteiger partial charge on any atom is -0.481 e. The molecule has 186 valence electrons. The van der Waals surface area contributed by atoms with Crippen molar-refractivity contribution in [3.05, 3.63) is 59.7 Å². The van der Waals surface area contributed by atoms with Crippen molar-refractivity contribution in [2.24, 2.45) is 5.92 Å². The third-order valence-electron chi connectivity index (χ3n) is 7.17. The molecule has 1 saturated carbocycles. The number of benzene rings is 2. The maximum Gasteiger partial charge on any atom is 0.407 e. The molecule has 0 bridgehead atoms. The van der Waals surface area contributed by atoms with Crippen molar-refractivity contribution in [3.63, 3.8) is 0 Å². The van der Waals surface area contributed by atoms with Gasteiger partial charge < -0.3 is 20.5 Å². The van der Waals surface area contributed by atoms with Crippen molar-refractivity contribution in [2.75, 3.05) is 6.61 Å². The van der Waals surface area contributed by atoms with Crippen molar-refractivity contribution in [3.8, 4) is 11.1 Å². The summed E-state index contributed by atoms with van der Waals surface area (Å²) in [6.07, 6.45) is 3.25. The Kier molecular flexibility index (Phi) is 7.43. The number of carboxylic acids is 1. The van der Waals surface area contributed by atoms with Crippen LogP contribution in [0.15, 0.2) is 48.5 Å². The van der Waals surface area contributed by atoms with Crippen molar-refractivity contribution in [1.29, 1.82) is 0 Å². The maximum absolute atomic E-state index is 12.6. The fourth-order valence-corrected chi connectivity index (χ4v) is 4.91. The Balaban J connectivity index is 1.24. The lowest BCUT2D eigenvalue weighted by Crippen LogP contribution is -2.43. The van der Waals surface area contributed by atoms with Crippen LogP contribution in [0.5, 0.6) is 0 Å². The molecular formula is C28H34N2O5. The number of amides is 2. The maximum atomic E-state index is 12.6. The number of rotatable bonds is 11. The highest BCUT2D eigenvalue weighted by molar-refractivity contribution is 5.80. The van der Waals surface area contributed by atoms with E-state index in [9.17, 15) is 14.4 Å². The van der Waals surface area contributed by atoms with Gasteiger partial charge in [0.15, 0.2) is 0 Å². The zero-order valence-corrected chi connectivity index (χ0v) is 20.4. The Morgan fingerprint density at radius 1 is 1.00 bits per heavy atom. The number of alkyl carbamates (subject to hydrolysis) is 1. The van der Waals surface area contributed by atoms with Gasteiger partial charge in [-0.2, -0.15) is 0 Å². The number of carboxylic acid groups (broad SMARTS) is 1. The molecule has 2 aromatic rings. The van der Waals surface area contributed by atoms with Crippen LogP contribution in [0, 0.1) is 5.92 Å². The van der Waals surface area contributed by atoms with Gasteiger partial charge in [-0.25, -0.2) is 4.79 Å². The summed E-state index contributed by atoms with van der Waals surface area (Å²) in [4.78, 5) is 36.1. The average Bonchev–Trinajstić information content (AvgIpc) is 3.49. The Hall–Kier alpha value is -3.35. The Morgan fingerprint density at radius 3 is 2.17 bits per heavy atom. The van der Waals surface area contributed by atoms with E-state index in [0.717, 1.165) is 36.8 Å². The fraction of sp³-hybridized carbons (Fsp3) is 0.464. The Morgan fingerprint density at radius 2 is 1.60 bits per heavy atom. The first-order valence-electron chi connectivity index (χ1n) is 12.4. The number of nitrogens with one attached hydrogen (secondary N) is 2. The number of hydrogen-bond donors (Lipinski definition) is 3. The van der Waals surface area contributed by atoms with Crippen LogP contribution in [0.2, 0.25) is 0 Å². The van der Waals surface area contributed by atoms with Crippen LogP contribution in [0.3, 0.4) is 0 Å². The molecule has 0 aliphatic heterocycles. The number of carbonyl (C=O) groups excluding carboxylic acids is 2. The second-order valence-corrected chi connectivity index (χ2v) is 10.0. The molecule has 2 aromatic carbocycles. The van der Waals surface area contributed by atoms with E-state index in [0.29, 0.717) is 6.42 Å². The zero-order chi connectivity index (χ0) is 25.0. The van der Waals surface area contributed by atoms with E-state index in [2.05, 4.69) is 34.9 Å². The molecule has 2 atom stereocenters. The standard InChI is InChI=1S/C28H34N2O5/c1-18(26(32)33)8-7-9-19(2)29-25(31)16-28(14-15-28)30-27(34)35-17-24-22-12-5-3-10-20(22)21-11-4-6-13-23(21)24/h3-6,10-13,18-19,24H,7-9,14-17H2,1-2H3,(H,29,31)(H,30,34)(H,32,33). The molecule has 2 aliphatic rings. The van der Waals surface area contributed by atoms with Gasteiger partial charge in [-0.05, 0) is 54.9 Å². The number of ether oxygens (including phenoxy) is 1. The van der Waals surface area contributed by atoms with Crippen LogP contribution in [0.4, 0.5) is 4.79 Å². The molecule has 4 rings (SSSR count). The van der Waals surface area contributed by atoms with Crippen LogP contribution in [0.1, 0.15) is 69.4 Å². The van der Waals surface area contributed by atoms with Crippen LogP contribution in [-0.4, -0.2) is 41.3 Å². The van der Waals surface area contributed by atoms with Gasteiger partial charge in [0.05, 0.1) is 11.5 Å². The molecule has 3 N–H and O–H groups in total. The van der Waals surface area contributed by atoms with Crippen LogP contribution < -0.4 is 10.6 Å². The van der Waals surface area contributed by atoms with Crippen LogP contribution in [0.25, 0.3) is 11.1 Å². The highest BCUT2D eigenvalue weighted by Gasteiger charge is 2.46. The third kappa shape index (κ3) is 6.02. The molecule has 2 aliphatic carbocycles. The van der Waals surface area contributed by atoms with Crippen LogP contribution >= 0.6 is 0 Å². The number of carbonyl (C=O) groups is 3. The molecule has 0 saturated heterocycles. The van der Waals surface area contributed by atoms with E-state index < -0.39 is 17.6 Å². The van der Waals surface area contributed by atoms with Gasteiger partial charge in [0.1, 0.15) is 6.61 Å². The van der Waals surface area contributed by atoms with Gasteiger partial charge >= 0.3 is 12.1 Å². The fourth-order valence-electron chi connectivity index (χ4n) is 4.91. The van der Waals surface area contributed by atoms with Crippen molar-refractivity contribution in [1.82, 2.24) is 10.6 Å². The molecule has 0 radical (unpaired) electrons. The first-order valence-corrected chi connectivity index (χ1v) is 12.4. The molecule has 0 aromatic heterocycles. The van der Waals surface area contributed by atoms with E-state index >= 15 is 0 Å². The Bertz CT molecular complexity index is 1050. The van der Waals surface area contributed by atoms with Gasteiger partial charge in [-0.1, -0.05) is 61.9 Å². The lowest BCUT2D eigenvalue weighted by Gasteiger charge is -2.20. The first kappa shape index (κ1) is 24.8. The highest BCUT2D eigenvalue weighted by Crippen LogP contribution is 2.44. The largest absolute Gasteiger partial charge is 0.481 e. The number of hydrogen-bond acceptors (Lipinski definition) is 4. The normalized spacial score (nSPS) is 17.0. The average molecular weight is 479 g/mol. The van der Waals surface area contributed by atoms with Gasteiger partial charge in [0.25, 0.3) is 0 Å². The molecule has 2 amide bonds. The Labute approximate surface area is 206 Å². The lowest BCUT2D eigenvalue weighted by molar-refractivity contribution is -0.141. The summed E-state index contributed by atoms with van der Waals surface area (Å²) in [6, 6.07) is 16.4.